The van der Waals surface area contributed by atoms with E-state index in [9.17, 15) is 10.1 Å². The number of nitro benzene ring substituents is 1. The van der Waals surface area contributed by atoms with Gasteiger partial charge in [0.2, 0.25) is 0 Å². The predicted octanol–water partition coefficient (Wildman–Crippen LogP) is 2.93. The van der Waals surface area contributed by atoms with Gasteiger partial charge in [-0.1, -0.05) is 47.6 Å². The van der Waals surface area contributed by atoms with E-state index in [-0.39, 0.29) is 12.3 Å². The van der Waals surface area contributed by atoms with Gasteiger partial charge in [-0.2, -0.15) is 0 Å². The fourth-order valence-corrected chi connectivity index (χ4v) is 2.05. The summed E-state index contributed by atoms with van der Waals surface area (Å²) in [6.07, 6.45) is 0.495. The topological polar surface area (TPSA) is 90.8 Å². The monoisotopic (exact) mass is 299 g/mol. The number of hydrogen-bond acceptors (Lipinski definition) is 4. The summed E-state index contributed by atoms with van der Waals surface area (Å²) in [6.45, 7) is 1.83. The van der Waals surface area contributed by atoms with E-state index in [1.54, 1.807) is 19.1 Å². The Morgan fingerprint density at radius 3 is 2.64 bits per heavy atom. The molecule has 0 aliphatic heterocycles. The van der Waals surface area contributed by atoms with Crippen LogP contribution >= 0.6 is 0 Å². The zero-order valence-electron chi connectivity index (χ0n) is 12.2. The summed E-state index contributed by atoms with van der Waals surface area (Å²) in [5.74, 6) is 0.356. The van der Waals surface area contributed by atoms with Crippen LogP contribution in [-0.4, -0.2) is 10.8 Å². The molecule has 2 rings (SSSR count). The average Bonchev–Trinajstić information content (AvgIpc) is 2.49. The lowest BCUT2D eigenvalue weighted by Crippen LogP contribution is -2.15. The van der Waals surface area contributed by atoms with Crippen molar-refractivity contribution in [1.29, 1.82) is 0 Å². The SMILES string of the molecule is Cc1c(CO/N=C(/N)Cc2ccccc2)cccc1[N+](=O)[O-]. The van der Waals surface area contributed by atoms with Crippen LogP contribution < -0.4 is 5.73 Å². The number of nitrogens with zero attached hydrogens (tertiary/aromatic N) is 2. The Labute approximate surface area is 128 Å². The molecule has 2 aromatic carbocycles. The molecule has 0 saturated carbocycles. The van der Waals surface area contributed by atoms with Crippen LogP contribution in [0.25, 0.3) is 0 Å². The van der Waals surface area contributed by atoms with Crippen molar-refractivity contribution in [2.75, 3.05) is 0 Å². The van der Waals surface area contributed by atoms with Crippen molar-refractivity contribution in [2.45, 2.75) is 20.0 Å². The minimum atomic E-state index is -0.411. The summed E-state index contributed by atoms with van der Waals surface area (Å²) in [5, 5.41) is 14.7. The third-order valence-corrected chi connectivity index (χ3v) is 3.24. The van der Waals surface area contributed by atoms with Crippen LogP contribution in [-0.2, 0) is 17.9 Å². The Hall–Kier alpha value is -2.89. The number of oxime groups is 1. The highest BCUT2D eigenvalue weighted by Gasteiger charge is 2.13. The van der Waals surface area contributed by atoms with Gasteiger partial charge in [0, 0.05) is 23.6 Å². The average molecular weight is 299 g/mol. The first-order valence-corrected chi connectivity index (χ1v) is 6.79. The van der Waals surface area contributed by atoms with Crippen molar-refractivity contribution in [3.8, 4) is 0 Å². The molecular formula is C16H17N3O3. The minimum absolute atomic E-state index is 0.0716. The number of rotatable bonds is 6. The van der Waals surface area contributed by atoms with Crippen LogP contribution in [0.3, 0.4) is 0 Å². The van der Waals surface area contributed by atoms with Gasteiger partial charge < -0.3 is 10.6 Å². The quantitative estimate of drug-likeness (QED) is 0.384. The molecule has 0 fully saturated rings. The second kappa shape index (κ2) is 7.21. The van der Waals surface area contributed by atoms with Crippen LogP contribution in [0.1, 0.15) is 16.7 Å². The predicted molar refractivity (Wildman–Crippen MR) is 84.4 cm³/mol. The molecule has 0 atom stereocenters. The second-order valence-electron chi connectivity index (χ2n) is 4.84. The summed E-state index contributed by atoms with van der Waals surface area (Å²) < 4.78 is 0. The summed E-state index contributed by atoms with van der Waals surface area (Å²) in [5.41, 5.74) is 8.20. The van der Waals surface area contributed by atoms with Crippen molar-refractivity contribution in [3.63, 3.8) is 0 Å². The molecule has 0 aliphatic rings. The van der Waals surface area contributed by atoms with Gasteiger partial charge in [0.05, 0.1) is 4.92 Å². The van der Waals surface area contributed by atoms with Gasteiger partial charge in [0.25, 0.3) is 5.69 Å². The number of nitrogens with two attached hydrogens (primary N) is 1. The summed E-state index contributed by atoms with van der Waals surface area (Å²) in [7, 11) is 0. The molecule has 0 unspecified atom stereocenters. The molecule has 22 heavy (non-hydrogen) atoms. The number of hydrogen-bond donors (Lipinski definition) is 1. The number of benzene rings is 2. The lowest BCUT2D eigenvalue weighted by Gasteiger charge is -2.06. The van der Waals surface area contributed by atoms with Crippen molar-refractivity contribution in [3.05, 3.63) is 75.3 Å². The van der Waals surface area contributed by atoms with E-state index >= 15 is 0 Å². The lowest BCUT2D eigenvalue weighted by molar-refractivity contribution is -0.385. The van der Waals surface area contributed by atoms with Gasteiger partial charge in [-0.3, -0.25) is 10.1 Å². The van der Waals surface area contributed by atoms with E-state index < -0.39 is 4.92 Å². The summed E-state index contributed by atoms with van der Waals surface area (Å²) in [6, 6.07) is 14.5. The fraction of sp³-hybridized carbons (Fsp3) is 0.188. The molecule has 0 aliphatic carbocycles. The smallest absolute Gasteiger partial charge is 0.272 e. The maximum atomic E-state index is 10.9. The van der Waals surface area contributed by atoms with Gasteiger partial charge in [0.15, 0.2) is 0 Å². The molecule has 2 N–H and O–H groups in total. The minimum Gasteiger partial charge on any atom is -0.389 e. The van der Waals surface area contributed by atoms with E-state index in [0.717, 1.165) is 5.56 Å². The molecule has 0 heterocycles. The van der Waals surface area contributed by atoms with Crippen molar-refractivity contribution >= 4 is 11.5 Å². The number of nitro groups is 1. The number of amidine groups is 1. The molecule has 0 radical (unpaired) electrons. The maximum Gasteiger partial charge on any atom is 0.272 e. The third-order valence-electron chi connectivity index (χ3n) is 3.24. The van der Waals surface area contributed by atoms with Crippen LogP contribution in [0.4, 0.5) is 5.69 Å². The molecule has 0 aromatic heterocycles. The molecule has 6 nitrogen and oxygen atoms in total. The molecule has 114 valence electrons. The molecule has 0 saturated heterocycles. The van der Waals surface area contributed by atoms with Crippen LogP contribution in [0.15, 0.2) is 53.7 Å². The van der Waals surface area contributed by atoms with Crippen molar-refractivity contribution in [1.82, 2.24) is 0 Å². The van der Waals surface area contributed by atoms with Crippen molar-refractivity contribution < 1.29 is 9.76 Å². The van der Waals surface area contributed by atoms with E-state index in [0.29, 0.717) is 23.4 Å². The standard InChI is InChI=1S/C16H17N3O3/c1-12-14(8-5-9-15(12)19(20)21)11-22-18-16(17)10-13-6-3-2-4-7-13/h2-9H,10-11H2,1H3,(H2,17,18). The van der Waals surface area contributed by atoms with Crippen molar-refractivity contribution in [2.24, 2.45) is 10.9 Å². The lowest BCUT2D eigenvalue weighted by atomic mass is 10.1. The van der Waals surface area contributed by atoms with Crippen LogP contribution in [0.2, 0.25) is 0 Å². The van der Waals surface area contributed by atoms with Crippen LogP contribution in [0.5, 0.6) is 0 Å². The Morgan fingerprint density at radius 2 is 1.95 bits per heavy atom. The van der Waals surface area contributed by atoms with E-state index in [1.165, 1.54) is 6.07 Å². The molecule has 0 bridgehead atoms. The Morgan fingerprint density at radius 1 is 1.23 bits per heavy atom. The van der Waals surface area contributed by atoms with Gasteiger partial charge in [-0.15, -0.1) is 0 Å². The first-order chi connectivity index (χ1) is 10.6. The Kier molecular flexibility index (Phi) is 5.08. The molecule has 6 heteroatoms. The Bertz CT molecular complexity index is 684. The highest BCUT2D eigenvalue weighted by atomic mass is 16.6. The van der Waals surface area contributed by atoms with E-state index in [1.807, 2.05) is 30.3 Å². The van der Waals surface area contributed by atoms with Gasteiger partial charge in [0.1, 0.15) is 12.4 Å². The van der Waals surface area contributed by atoms with Crippen LogP contribution in [0, 0.1) is 17.0 Å². The zero-order chi connectivity index (χ0) is 15.9. The summed E-state index contributed by atoms with van der Waals surface area (Å²) >= 11 is 0. The van der Waals surface area contributed by atoms with E-state index in [2.05, 4.69) is 5.16 Å². The van der Waals surface area contributed by atoms with Gasteiger partial charge >= 0.3 is 0 Å². The largest absolute Gasteiger partial charge is 0.389 e. The normalized spacial score (nSPS) is 11.2. The summed E-state index contributed by atoms with van der Waals surface area (Å²) in [4.78, 5) is 15.7. The first-order valence-electron chi connectivity index (χ1n) is 6.79. The fourth-order valence-electron chi connectivity index (χ4n) is 2.05. The molecule has 2 aromatic rings. The highest BCUT2D eigenvalue weighted by molar-refractivity contribution is 5.82. The first kappa shape index (κ1) is 15.5. The van der Waals surface area contributed by atoms with Gasteiger partial charge in [-0.05, 0) is 12.5 Å². The van der Waals surface area contributed by atoms with E-state index in [4.69, 9.17) is 10.6 Å². The Balaban J connectivity index is 1.97. The highest BCUT2D eigenvalue weighted by Crippen LogP contribution is 2.21. The maximum absolute atomic E-state index is 10.9. The molecule has 0 spiro atoms. The molecular weight excluding hydrogens is 282 g/mol. The second-order valence-corrected chi connectivity index (χ2v) is 4.84. The zero-order valence-corrected chi connectivity index (χ0v) is 12.2. The van der Waals surface area contributed by atoms with Gasteiger partial charge in [-0.25, -0.2) is 0 Å². The molecule has 0 amide bonds. The third kappa shape index (κ3) is 4.05.